The second kappa shape index (κ2) is 9.09. The minimum atomic E-state index is -0.240. The summed E-state index contributed by atoms with van der Waals surface area (Å²) in [6.45, 7) is 10.8. The van der Waals surface area contributed by atoms with Gasteiger partial charge in [-0.2, -0.15) is 0 Å². The smallest absolute Gasteiger partial charge is 0.322 e. The summed E-state index contributed by atoms with van der Waals surface area (Å²) in [4.78, 5) is 19.9. The Labute approximate surface area is 192 Å². The lowest BCUT2D eigenvalue weighted by atomic mass is 9.98. The number of amides is 1. The van der Waals surface area contributed by atoms with Gasteiger partial charge in [0.05, 0.1) is 26.6 Å². The third-order valence-corrected chi connectivity index (χ3v) is 7.44. The van der Waals surface area contributed by atoms with Gasteiger partial charge in [0.25, 0.3) is 0 Å². The summed E-state index contributed by atoms with van der Waals surface area (Å²) in [6, 6.07) is 13.5. The summed E-state index contributed by atoms with van der Waals surface area (Å²) < 4.78 is 6.64. The fourth-order valence-electron chi connectivity index (χ4n) is 3.59. The minimum absolute atomic E-state index is 0.00675. The molecule has 0 unspecified atom stereocenters. The van der Waals surface area contributed by atoms with Crippen LogP contribution in [0.3, 0.4) is 0 Å². The number of para-hydroxylation sites is 1. The largest absolute Gasteiger partial charge is 0.416 e. The van der Waals surface area contributed by atoms with Gasteiger partial charge in [-0.3, -0.25) is 4.79 Å². The maximum Gasteiger partial charge on any atom is 0.322 e. The summed E-state index contributed by atoms with van der Waals surface area (Å²) in [7, 11) is 0. The van der Waals surface area contributed by atoms with Gasteiger partial charge in [0.15, 0.2) is 12.0 Å². The van der Waals surface area contributed by atoms with E-state index in [2.05, 4.69) is 50.0 Å². The quantitative estimate of drug-likeness (QED) is 0.426. The molecule has 1 fully saturated rings. The van der Waals surface area contributed by atoms with E-state index in [0.717, 1.165) is 70.5 Å². The molecule has 0 radical (unpaired) electrons. The standard InChI is InChI=1S/C24H29N3O2S2/c1-16-10-12-27(13-11-16)20-14-19-21(30-22(25-19)24(2,3)4)15-18(20)26-23(28)31-29-17-8-6-5-7-9-17/h5-9,14-16H,10-13H2,1-4H3,(H,26,28). The van der Waals surface area contributed by atoms with Crippen molar-refractivity contribution in [1.29, 1.82) is 0 Å². The number of hydrogen-bond donors (Lipinski definition) is 1. The van der Waals surface area contributed by atoms with E-state index < -0.39 is 0 Å². The summed E-state index contributed by atoms with van der Waals surface area (Å²) in [5.74, 6) is 1.39. The van der Waals surface area contributed by atoms with Crippen LogP contribution >= 0.6 is 23.4 Å². The number of anilines is 2. The topological polar surface area (TPSA) is 54.5 Å². The third kappa shape index (κ3) is 5.33. The van der Waals surface area contributed by atoms with Gasteiger partial charge in [-0.05, 0) is 43.0 Å². The van der Waals surface area contributed by atoms with Crippen molar-refractivity contribution in [1.82, 2.24) is 4.98 Å². The monoisotopic (exact) mass is 455 g/mol. The van der Waals surface area contributed by atoms with Gasteiger partial charge >= 0.3 is 5.24 Å². The molecule has 0 bridgehead atoms. The summed E-state index contributed by atoms with van der Waals surface area (Å²) in [5.41, 5.74) is 2.85. The summed E-state index contributed by atoms with van der Waals surface area (Å²) in [6.07, 6.45) is 2.31. The molecule has 1 N–H and O–H groups in total. The third-order valence-electron chi connectivity index (χ3n) is 5.47. The van der Waals surface area contributed by atoms with Gasteiger partial charge in [0.1, 0.15) is 5.75 Å². The van der Waals surface area contributed by atoms with Crippen molar-refractivity contribution >= 4 is 50.2 Å². The number of thiazole rings is 1. The lowest BCUT2D eigenvalue weighted by Gasteiger charge is -2.33. The van der Waals surface area contributed by atoms with Crippen molar-refractivity contribution in [3.05, 3.63) is 47.5 Å². The maximum atomic E-state index is 12.7. The lowest BCUT2D eigenvalue weighted by molar-refractivity contribution is 0.269. The molecular weight excluding hydrogens is 426 g/mol. The zero-order valence-corrected chi connectivity index (χ0v) is 20.1. The van der Waals surface area contributed by atoms with Crippen molar-refractivity contribution < 1.29 is 8.98 Å². The van der Waals surface area contributed by atoms with Crippen LogP contribution in [0.4, 0.5) is 16.2 Å². The Balaban J connectivity index is 1.60. The number of nitrogens with one attached hydrogen (secondary N) is 1. The van der Waals surface area contributed by atoms with E-state index in [4.69, 9.17) is 9.17 Å². The first-order valence-electron chi connectivity index (χ1n) is 10.7. The number of rotatable bonds is 4. The van der Waals surface area contributed by atoms with Crippen LogP contribution in [-0.4, -0.2) is 23.3 Å². The Hall–Kier alpha value is -2.25. The van der Waals surface area contributed by atoms with Gasteiger partial charge in [-0.15, -0.1) is 11.3 Å². The highest BCUT2D eigenvalue weighted by Crippen LogP contribution is 2.39. The van der Waals surface area contributed by atoms with Crippen molar-refractivity contribution in [2.24, 2.45) is 5.92 Å². The molecule has 3 aromatic rings. The van der Waals surface area contributed by atoms with E-state index in [0.29, 0.717) is 5.75 Å². The normalized spacial score (nSPS) is 15.3. The van der Waals surface area contributed by atoms with Crippen LogP contribution in [0.25, 0.3) is 10.2 Å². The average Bonchev–Trinajstić information content (AvgIpc) is 3.17. The second-order valence-corrected chi connectivity index (χ2v) is 10.9. The number of hydrogen-bond acceptors (Lipinski definition) is 6. The van der Waals surface area contributed by atoms with Crippen LogP contribution in [-0.2, 0) is 5.41 Å². The SMILES string of the molecule is CC1CCN(c2cc3nc(C(C)(C)C)sc3cc2NC(=O)SOc2ccccc2)CC1. The first-order chi connectivity index (χ1) is 14.8. The zero-order chi connectivity index (χ0) is 22.0. The van der Waals surface area contributed by atoms with E-state index in [1.165, 1.54) is 0 Å². The number of carbonyl (C=O) groups excluding carboxylic acids is 1. The van der Waals surface area contributed by atoms with E-state index in [1.807, 2.05) is 30.3 Å². The van der Waals surface area contributed by atoms with Gasteiger partial charge < -0.3 is 14.4 Å². The second-order valence-electron chi connectivity index (χ2n) is 9.17. The summed E-state index contributed by atoms with van der Waals surface area (Å²) in [5, 5.41) is 3.93. The highest BCUT2D eigenvalue weighted by Gasteiger charge is 2.23. The van der Waals surface area contributed by atoms with Gasteiger partial charge in [-0.1, -0.05) is 45.9 Å². The molecule has 4 rings (SSSR count). The Morgan fingerprint density at radius 3 is 2.58 bits per heavy atom. The zero-order valence-electron chi connectivity index (χ0n) is 18.5. The fraction of sp³-hybridized carbons (Fsp3) is 0.417. The van der Waals surface area contributed by atoms with Crippen LogP contribution in [0.5, 0.6) is 5.75 Å². The lowest BCUT2D eigenvalue weighted by Crippen LogP contribution is -2.33. The van der Waals surface area contributed by atoms with Gasteiger partial charge in [0.2, 0.25) is 0 Å². The van der Waals surface area contributed by atoms with Crippen molar-refractivity contribution in [3.8, 4) is 5.75 Å². The Bertz CT molecular complexity index is 1050. The van der Waals surface area contributed by atoms with Crippen LogP contribution in [0.1, 0.15) is 45.5 Å². The van der Waals surface area contributed by atoms with Crippen LogP contribution in [0.2, 0.25) is 0 Å². The molecule has 0 aliphatic carbocycles. The molecule has 1 amide bonds. The summed E-state index contributed by atoms with van der Waals surface area (Å²) >= 11 is 2.51. The molecule has 7 heteroatoms. The van der Waals surface area contributed by atoms with Gasteiger partial charge in [-0.25, -0.2) is 4.98 Å². The number of benzene rings is 2. The van der Waals surface area contributed by atoms with Gasteiger partial charge in [0, 0.05) is 18.5 Å². The van der Waals surface area contributed by atoms with E-state index in [9.17, 15) is 4.79 Å². The fourth-order valence-corrected chi connectivity index (χ4v) is 5.07. The number of carbonyl (C=O) groups is 1. The van der Waals surface area contributed by atoms with Crippen LogP contribution < -0.4 is 14.4 Å². The Kier molecular flexibility index (Phi) is 6.44. The van der Waals surface area contributed by atoms with Crippen LogP contribution in [0.15, 0.2) is 42.5 Å². The number of piperidine rings is 1. The molecule has 2 aromatic carbocycles. The first kappa shape index (κ1) is 22.0. The molecule has 1 aromatic heterocycles. The molecule has 0 spiro atoms. The Morgan fingerprint density at radius 2 is 1.90 bits per heavy atom. The number of fused-ring (bicyclic) bond motifs is 1. The molecule has 5 nitrogen and oxygen atoms in total. The Morgan fingerprint density at radius 1 is 1.19 bits per heavy atom. The molecule has 1 aliphatic rings. The molecule has 1 aliphatic heterocycles. The molecule has 1 saturated heterocycles. The highest BCUT2D eigenvalue weighted by molar-refractivity contribution is 8.10. The van der Waals surface area contributed by atoms with Crippen molar-refractivity contribution in [2.45, 2.75) is 46.0 Å². The molecule has 31 heavy (non-hydrogen) atoms. The number of aromatic nitrogens is 1. The predicted molar refractivity (Wildman–Crippen MR) is 133 cm³/mol. The molecule has 0 atom stereocenters. The molecule has 164 valence electrons. The molecule has 0 saturated carbocycles. The predicted octanol–water partition coefficient (Wildman–Crippen LogP) is 7.09. The van der Waals surface area contributed by atoms with E-state index >= 15 is 0 Å². The van der Waals surface area contributed by atoms with E-state index in [-0.39, 0.29) is 10.7 Å². The number of nitrogens with zero attached hydrogens (tertiary/aromatic N) is 2. The maximum absolute atomic E-state index is 12.7. The van der Waals surface area contributed by atoms with Crippen molar-refractivity contribution in [2.75, 3.05) is 23.3 Å². The molecular formula is C24H29N3O2S2. The molecule has 2 heterocycles. The van der Waals surface area contributed by atoms with E-state index in [1.54, 1.807) is 11.3 Å². The highest BCUT2D eigenvalue weighted by atomic mass is 32.2. The first-order valence-corrected chi connectivity index (χ1v) is 12.3. The van der Waals surface area contributed by atoms with Crippen molar-refractivity contribution in [3.63, 3.8) is 0 Å². The van der Waals surface area contributed by atoms with Crippen LogP contribution in [0, 0.1) is 5.92 Å². The minimum Gasteiger partial charge on any atom is -0.416 e. The average molecular weight is 456 g/mol.